The summed E-state index contributed by atoms with van der Waals surface area (Å²) in [5.41, 5.74) is 0. The number of methoxy groups -OCH3 is 1. The molecule has 1 heterocycles. The van der Waals surface area contributed by atoms with E-state index in [0.29, 0.717) is 6.42 Å². The minimum Gasteiger partial charge on any atom is -0.467 e. The van der Waals surface area contributed by atoms with Crippen LogP contribution in [-0.2, 0) is 14.3 Å². The predicted molar refractivity (Wildman–Crippen MR) is 40.8 cm³/mol. The Kier molecular flexibility index (Phi) is 3.36. The lowest BCUT2D eigenvalue weighted by molar-refractivity contribution is -0.185. The third-order valence-electron chi connectivity index (χ3n) is 2.11. The molecule has 0 radical (unpaired) electrons. The van der Waals surface area contributed by atoms with E-state index in [9.17, 15) is 18.0 Å². The summed E-state index contributed by atoms with van der Waals surface area (Å²) in [6.45, 7) is 0.175. The molecule has 1 fully saturated rings. The maximum absolute atomic E-state index is 13.2. The van der Waals surface area contributed by atoms with Gasteiger partial charge in [0.2, 0.25) is 0 Å². The lowest BCUT2D eigenvalue weighted by Gasteiger charge is -2.24. The van der Waals surface area contributed by atoms with Crippen molar-refractivity contribution in [3.8, 4) is 0 Å². The second kappa shape index (κ2) is 4.16. The number of hydrogen-bond donors (Lipinski definition) is 0. The Morgan fingerprint density at radius 3 is 2.71 bits per heavy atom. The summed E-state index contributed by atoms with van der Waals surface area (Å²) in [5.74, 6) is -5.37. The van der Waals surface area contributed by atoms with E-state index in [-0.39, 0.29) is 13.0 Å². The third kappa shape index (κ3) is 2.00. The first-order chi connectivity index (χ1) is 6.50. The van der Waals surface area contributed by atoms with Gasteiger partial charge in [-0.1, -0.05) is 0 Å². The molecule has 1 rings (SSSR count). The lowest BCUT2D eigenvalue weighted by Crippen LogP contribution is -2.46. The highest BCUT2D eigenvalue weighted by Gasteiger charge is 2.53. The van der Waals surface area contributed by atoms with Crippen molar-refractivity contribution in [2.24, 2.45) is 0 Å². The third-order valence-corrected chi connectivity index (χ3v) is 2.11. The topological polar surface area (TPSA) is 35.5 Å². The van der Waals surface area contributed by atoms with Crippen molar-refractivity contribution < 1.29 is 27.4 Å². The molecule has 14 heavy (non-hydrogen) atoms. The quantitative estimate of drug-likeness (QED) is 0.662. The summed E-state index contributed by atoms with van der Waals surface area (Å²) in [6, 6.07) is 0. The van der Waals surface area contributed by atoms with E-state index in [2.05, 4.69) is 9.47 Å². The highest BCUT2D eigenvalue weighted by Crippen LogP contribution is 2.34. The Balaban J connectivity index is 2.66. The predicted octanol–water partition coefficient (Wildman–Crippen LogP) is 1.31. The van der Waals surface area contributed by atoms with Crippen molar-refractivity contribution >= 4 is 5.97 Å². The molecular weight excluding hydrogens is 201 g/mol. The van der Waals surface area contributed by atoms with Crippen molar-refractivity contribution in [3.05, 3.63) is 0 Å². The number of halogens is 3. The lowest BCUT2D eigenvalue weighted by atomic mass is 10.1. The van der Waals surface area contributed by atoms with Gasteiger partial charge in [-0.25, -0.2) is 9.18 Å². The Morgan fingerprint density at radius 2 is 2.29 bits per heavy atom. The molecule has 0 aromatic rings. The minimum absolute atomic E-state index is 0.0599. The average molecular weight is 212 g/mol. The van der Waals surface area contributed by atoms with Crippen LogP contribution in [0, 0.1) is 0 Å². The van der Waals surface area contributed by atoms with Crippen molar-refractivity contribution in [1.82, 2.24) is 0 Å². The first-order valence-corrected chi connectivity index (χ1v) is 4.21. The zero-order chi connectivity index (χ0) is 10.8. The van der Waals surface area contributed by atoms with Crippen LogP contribution in [0.4, 0.5) is 13.2 Å². The Morgan fingerprint density at radius 1 is 1.64 bits per heavy atom. The second-order valence-electron chi connectivity index (χ2n) is 3.06. The normalized spacial score (nSPS) is 24.7. The fourth-order valence-corrected chi connectivity index (χ4v) is 1.31. The SMILES string of the molecule is COC(=O)[C@@H](F)C(F)(F)[C@@H]1CCCO1. The van der Waals surface area contributed by atoms with E-state index >= 15 is 0 Å². The van der Waals surface area contributed by atoms with Crippen molar-refractivity contribution in [2.45, 2.75) is 31.0 Å². The molecule has 0 spiro atoms. The van der Waals surface area contributed by atoms with Crippen molar-refractivity contribution in [1.29, 1.82) is 0 Å². The number of esters is 1. The monoisotopic (exact) mass is 212 g/mol. The molecule has 0 aliphatic carbocycles. The minimum atomic E-state index is -3.80. The zero-order valence-corrected chi connectivity index (χ0v) is 7.63. The molecule has 82 valence electrons. The maximum Gasteiger partial charge on any atom is 0.347 e. The van der Waals surface area contributed by atoms with Gasteiger partial charge < -0.3 is 9.47 Å². The highest BCUT2D eigenvalue weighted by atomic mass is 19.3. The molecule has 3 nitrogen and oxygen atoms in total. The van der Waals surface area contributed by atoms with Crippen LogP contribution in [0.25, 0.3) is 0 Å². The summed E-state index contributed by atoms with van der Waals surface area (Å²) >= 11 is 0. The summed E-state index contributed by atoms with van der Waals surface area (Å²) in [7, 11) is 0.862. The van der Waals surface area contributed by atoms with Crippen LogP contribution in [0.5, 0.6) is 0 Å². The van der Waals surface area contributed by atoms with Gasteiger partial charge in [-0.3, -0.25) is 0 Å². The van der Waals surface area contributed by atoms with E-state index in [0.717, 1.165) is 7.11 Å². The molecule has 1 aliphatic rings. The van der Waals surface area contributed by atoms with Crippen LogP contribution in [0.3, 0.4) is 0 Å². The van der Waals surface area contributed by atoms with Crippen LogP contribution >= 0.6 is 0 Å². The van der Waals surface area contributed by atoms with Crippen molar-refractivity contribution in [2.75, 3.05) is 13.7 Å². The largest absolute Gasteiger partial charge is 0.467 e. The first kappa shape index (κ1) is 11.3. The van der Waals surface area contributed by atoms with E-state index in [4.69, 9.17) is 0 Å². The summed E-state index contributed by atoms with van der Waals surface area (Å²) < 4.78 is 47.8. The molecule has 0 bridgehead atoms. The van der Waals surface area contributed by atoms with Crippen LogP contribution in [0.2, 0.25) is 0 Å². The van der Waals surface area contributed by atoms with Gasteiger partial charge in [0.05, 0.1) is 7.11 Å². The Bertz CT molecular complexity index is 214. The van der Waals surface area contributed by atoms with Gasteiger partial charge in [-0.15, -0.1) is 0 Å². The molecule has 0 amide bonds. The van der Waals surface area contributed by atoms with Gasteiger partial charge in [-0.2, -0.15) is 8.78 Å². The number of rotatable bonds is 3. The number of hydrogen-bond acceptors (Lipinski definition) is 3. The highest BCUT2D eigenvalue weighted by molar-refractivity contribution is 5.75. The summed E-state index contributed by atoms with van der Waals surface area (Å²) in [4.78, 5) is 10.6. The van der Waals surface area contributed by atoms with Gasteiger partial charge >= 0.3 is 11.9 Å². The van der Waals surface area contributed by atoms with Crippen LogP contribution in [0.15, 0.2) is 0 Å². The van der Waals surface area contributed by atoms with Gasteiger partial charge in [0, 0.05) is 6.61 Å². The van der Waals surface area contributed by atoms with E-state index in [1.54, 1.807) is 0 Å². The van der Waals surface area contributed by atoms with E-state index in [1.807, 2.05) is 0 Å². The molecule has 2 atom stereocenters. The van der Waals surface area contributed by atoms with Gasteiger partial charge in [0.15, 0.2) is 0 Å². The summed E-state index contributed by atoms with van der Waals surface area (Å²) in [6.07, 6.45) is -3.95. The molecule has 0 aromatic carbocycles. The maximum atomic E-state index is 13.2. The van der Waals surface area contributed by atoms with Crippen molar-refractivity contribution in [3.63, 3.8) is 0 Å². The zero-order valence-electron chi connectivity index (χ0n) is 7.63. The van der Waals surface area contributed by atoms with Crippen LogP contribution in [-0.4, -0.2) is 37.9 Å². The molecule has 1 saturated heterocycles. The van der Waals surface area contributed by atoms with E-state index < -0.39 is 24.2 Å². The van der Waals surface area contributed by atoms with E-state index in [1.165, 1.54) is 0 Å². The van der Waals surface area contributed by atoms with Crippen LogP contribution < -0.4 is 0 Å². The molecule has 0 N–H and O–H groups in total. The Labute approximate surface area is 79.2 Å². The van der Waals surface area contributed by atoms with Gasteiger partial charge in [0.1, 0.15) is 6.10 Å². The number of ether oxygens (including phenoxy) is 2. The average Bonchev–Trinajstić information content (AvgIpc) is 2.68. The molecular formula is C8H11F3O3. The fraction of sp³-hybridized carbons (Fsp3) is 0.875. The van der Waals surface area contributed by atoms with Gasteiger partial charge in [0.25, 0.3) is 6.17 Å². The van der Waals surface area contributed by atoms with Gasteiger partial charge in [-0.05, 0) is 12.8 Å². The number of carbonyl (C=O) groups excluding carboxylic acids is 1. The molecule has 0 saturated carbocycles. The Hall–Kier alpha value is -0.780. The second-order valence-corrected chi connectivity index (χ2v) is 3.06. The first-order valence-electron chi connectivity index (χ1n) is 4.21. The molecule has 0 aromatic heterocycles. The molecule has 0 unspecified atom stereocenters. The number of carbonyl (C=O) groups is 1. The standard InChI is InChI=1S/C8H11F3O3/c1-13-7(12)6(9)8(10,11)5-3-2-4-14-5/h5-6H,2-4H2,1H3/t5-,6+/m0/s1. The summed E-state index contributed by atoms with van der Waals surface area (Å²) in [5, 5.41) is 0. The molecule has 1 aliphatic heterocycles. The number of alkyl halides is 3. The fourth-order valence-electron chi connectivity index (χ4n) is 1.31. The smallest absolute Gasteiger partial charge is 0.347 e. The molecule has 6 heteroatoms. The van der Waals surface area contributed by atoms with Crippen LogP contribution in [0.1, 0.15) is 12.8 Å².